The minimum absolute atomic E-state index is 0.523. The van der Waals surface area contributed by atoms with Gasteiger partial charge in [0.2, 0.25) is 0 Å². The standard InChI is InChI=1S/C80H96N4Si2/c1-59(2)85(60(3)4,61(5)6)48-38-75-77-51-70-30-22-23-31-71(70)52-78(77)76(39-49-86(62(7)8,63(9)10)64(11)12)80-54-74-50-72(36-37-73(74)53-79(75)80)69-34-32-68(33-35-69)58-84-46-44-82(56-66-26-18-14-19-27-66)42-40-81(55-65-24-16-13-17-25-65)41-43-83(45-47-84)57-67-28-20-15-21-29-67/h13-37,50-54,59-64H,40-47,55-58H2,1-12H3. The average Bonchev–Trinajstić information content (AvgIpc) is 0.788. The van der Waals surface area contributed by atoms with Crippen LogP contribution in [0, 0.1) is 22.9 Å². The Bertz CT molecular complexity index is 3740. The van der Waals surface area contributed by atoms with Crippen molar-refractivity contribution in [3.8, 4) is 34.1 Å². The Hall–Kier alpha value is -6.59. The molecular weight excluding hydrogens is 1070 g/mol. The van der Waals surface area contributed by atoms with Crippen molar-refractivity contribution in [2.45, 2.75) is 143 Å². The van der Waals surface area contributed by atoms with E-state index in [4.69, 9.17) is 0 Å². The van der Waals surface area contributed by atoms with Crippen LogP contribution in [0.25, 0.3) is 54.2 Å². The molecule has 1 aliphatic heterocycles. The fourth-order valence-corrected chi connectivity index (χ4v) is 25.5. The summed E-state index contributed by atoms with van der Waals surface area (Å²) in [5, 5.41) is 9.84. The molecule has 1 aliphatic rings. The molecule has 1 saturated heterocycles. The summed E-state index contributed by atoms with van der Waals surface area (Å²) in [6.07, 6.45) is 0. The van der Waals surface area contributed by atoms with Crippen molar-refractivity contribution in [3.05, 3.63) is 215 Å². The second-order valence-electron chi connectivity index (χ2n) is 27.0. The first kappa shape index (κ1) is 62.5. The topological polar surface area (TPSA) is 13.0 Å². The third kappa shape index (κ3) is 14.0. The summed E-state index contributed by atoms with van der Waals surface area (Å²) < 4.78 is 0. The molecule has 10 rings (SSSR count). The predicted molar refractivity (Wildman–Crippen MR) is 378 cm³/mol. The molecule has 1 heterocycles. The summed E-state index contributed by atoms with van der Waals surface area (Å²) >= 11 is 0. The number of nitrogens with zero attached hydrogens (tertiary/aromatic N) is 4. The summed E-state index contributed by atoms with van der Waals surface area (Å²) in [6, 6.07) is 68.5. The van der Waals surface area contributed by atoms with Crippen LogP contribution in [-0.4, -0.2) is 88.1 Å². The van der Waals surface area contributed by atoms with Crippen molar-refractivity contribution < 1.29 is 0 Å². The van der Waals surface area contributed by atoms with Gasteiger partial charge in [0.25, 0.3) is 0 Å². The Balaban J connectivity index is 1.02. The molecule has 0 unspecified atom stereocenters. The van der Waals surface area contributed by atoms with Crippen LogP contribution < -0.4 is 0 Å². The maximum absolute atomic E-state index is 4.22. The van der Waals surface area contributed by atoms with Crippen LogP contribution >= 0.6 is 0 Å². The highest BCUT2D eigenvalue weighted by Crippen LogP contribution is 2.44. The maximum atomic E-state index is 4.22. The Morgan fingerprint density at radius 2 is 0.558 bits per heavy atom. The second kappa shape index (κ2) is 28.1. The van der Waals surface area contributed by atoms with E-state index in [2.05, 4.69) is 308 Å². The van der Waals surface area contributed by atoms with E-state index in [9.17, 15) is 0 Å². The van der Waals surface area contributed by atoms with Gasteiger partial charge in [-0.3, -0.25) is 19.6 Å². The van der Waals surface area contributed by atoms with Crippen molar-refractivity contribution in [1.82, 2.24) is 19.6 Å². The zero-order chi connectivity index (χ0) is 60.5. The van der Waals surface area contributed by atoms with E-state index in [1.165, 1.54) is 76.5 Å². The molecule has 0 saturated carbocycles. The van der Waals surface area contributed by atoms with Gasteiger partial charge in [0, 0.05) is 89.7 Å². The van der Waals surface area contributed by atoms with Gasteiger partial charge in [-0.05, 0) is 140 Å². The van der Waals surface area contributed by atoms with Gasteiger partial charge in [0.15, 0.2) is 0 Å². The van der Waals surface area contributed by atoms with Gasteiger partial charge in [-0.2, -0.15) is 0 Å². The number of hydrogen-bond donors (Lipinski definition) is 0. The largest absolute Gasteiger partial charge is 0.297 e. The molecule has 9 aromatic carbocycles. The lowest BCUT2D eigenvalue weighted by atomic mass is 9.88. The van der Waals surface area contributed by atoms with Crippen LogP contribution in [0.15, 0.2) is 182 Å². The molecule has 4 nitrogen and oxygen atoms in total. The molecule has 9 aromatic rings. The smallest absolute Gasteiger partial charge is 0.146 e. The minimum atomic E-state index is -2.11. The number of fused-ring (bicyclic) bond motifs is 4. The lowest BCUT2D eigenvalue weighted by Gasteiger charge is -2.38. The average molecular weight is 1170 g/mol. The molecule has 0 N–H and O–H groups in total. The second-order valence-corrected chi connectivity index (χ2v) is 38.2. The van der Waals surface area contributed by atoms with Gasteiger partial charge in [-0.1, -0.05) is 247 Å². The van der Waals surface area contributed by atoms with Crippen LogP contribution in [0.3, 0.4) is 0 Å². The van der Waals surface area contributed by atoms with Gasteiger partial charge in [0.05, 0.1) is 0 Å². The third-order valence-corrected chi connectivity index (χ3v) is 32.4. The zero-order valence-corrected chi connectivity index (χ0v) is 56.1. The first-order chi connectivity index (χ1) is 41.5. The molecule has 0 aliphatic carbocycles. The molecule has 86 heavy (non-hydrogen) atoms. The molecule has 444 valence electrons. The van der Waals surface area contributed by atoms with Crippen molar-refractivity contribution in [2.24, 2.45) is 0 Å². The van der Waals surface area contributed by atoms with Crippen LogP contribution in [0.1, 0.15) is 116 Å². The van der Waals surface area contributed by atoms with Crippen molar-refractivity contribution >= 4 is 59.2 Å². The van der Waals surface area contributed by atoms with E-state index >= 15 is 0 Å². The summed E-state index contributed by atoms with van der Waals surface area (Å²) in [5.41, 5.74) is 21.8. The van der Waals surface area contributed by atoms with Gasteiger partial charge >= 0.3 is 0 Å². The lowest BCUT2D eigenvalue weighted by Crippen LogP contribution is -2.45. The Labute approximate surface area is 520 Å². The highest BCUT2D eigenvalue weighted by molar-refractivity contribution is 6.91. The summed E-state index contributed by atoms with van der Waals surface area (Å²) in [5.74, 6) is 8.19. The van der Waals surface area contributed by atoms with Gasteiger partial charge in [0.1, 0.15) is 16.1 Å². The minimum Gasteiger partial charge on any atom is -0.297 e. The number of rotatable bonds is 15. The van der Waals surface area contributed by atoms with Crippen LogP contribution in [0.4, 0.5) is 0 Å². The molecule has 0 amide bonds. The molecule has 1 fully saturated rings. The fourth-order valence-electron chi connectivity index (χ4n) is 15.1. The zero-order valence-electron chi connectivity index (χ0n) is 54.1. The van der Waals surface area contributed by atoms with E-state index in [0.717, 1.165) is 89.7 Å². The summed E-state index contributed by atoms with van der Waals surface area (Å²) in [6.45, 7) is 41.1. The summed E-state index contributed by atoms with van der Waals surface area (Å²) in [4.78, 5) is 10.8. The first-order valence-electron chi connectivity index (χ1n) is 32.5. The molecule has 0 spiro atoms. The van der Waals surface area contributed by atoms with Gasteiger partial charge < -0.3 is 0 Å². The van der Waals surface area contributed by atoms with E-state index in [-0.39, 0.29) is 0 Å². The van der Waals surface area contributed by atoms with Crippen molar-refractivity contribution in [3.63, 3.8) is 0 Å². The van der Waals surface area contributed by atoms with E-state index < -0.39 is 16.1 Å². The predicted octanol–water partition coefficient (Wildman–Crippen LogP) is 19.4. The summed E-state index contributed by atoms with van der Waals surface area (Å²) in [7, 11) is -4.21. The van der Waals surface area contributed by atoms with Crippen LogP contribution in [0.5, 0.6) is 0 Å². The molecule has 0 atom stereocenters. The normalized spacial score (nSPS) is 15.0. The monoisotopic (exact) mass is 1170 g/mol. The molecule has 6 heteroatoms. The Morgan fingerprint density at radius 1 is 0.291 bits per heavy atom. The van der Waals surface area contributed by atoms with Crippen LogP contribution in [0.2, 0.25) is 33.2 Å². The van der Waals surface area contributed by atoms with Gasteiger partial charge in [-0.25, -0.2) is 0 Å². The molecule has 0 radical (unpaired) electrons. The van der Waals surface area contributed by atoms with Crippen LogP contribution in [-0.2, 0) is 26.2 Å². The molecule has 0 aromatic heterocycles. The molecular formula is C80H96N4Si2. The fraction of sp³-hybridized carbons (Fsp3) is 0.375. The van der Waals surface area contributed by atoms with E-state index in [0.29, 0.717) is 33.2 Å². The van der Waals surface area contributed by atoms with Gasteiger partial charge in [-0.15, -0.1) is 11.1 Å². The highest BCUT2D eigenvalue weighted by atomic mass is 28.3. The Morgan fingerprint density at radius 3 is 0.872 bits per heavy atom. The van der Waals surface area contributed by atoms with Crippen molar-refractivity contribution in [1.29, 1.82) is 0 Å². The Kier molecular flexibility index (Phi) is 20.4. The lowest BCUT2D eigenvalue weighted by molar-refractivity contribution is 0.122. The quantitative estimate of drug-likeness (QED) is 0.0576. The first-order valence-corrected chi connectivity index (χ1v) is 37.0. The third-order valence-electron chi connectivity index (χ3n) is 19.9. The van der Waals surface area contributed by atoms with Crippen molar-refractivity contribution in [2.75, 3.05) is 52.4 Å². The highest BCUT2D eigenvalue weighted by Gasteiger charge is 2.43. The maximum Gasteiger partial charge on any atom is 0.146 e. The van der Waals surface area contributed by atoms with E-state index in [1.54, 1.807) is 0 Å². The number of hydrogen-bond acceptors (Lipinski definition) is 4. The molecule has 0 bridgehead atoms. The number of benzene rings is 9. The van der Waals surface area contributed by atoms with E-state index in [1.807, 2.05) is 0 Å². The SMILES string of the molecule is CC(C)[Si](C#Cc1c2cc3ccccc3cc2c(C#C[Si](C(C)C)(C(C)C)C(C)C)c2cc3cc(-c4ccc(CN5CCN(Cc6ccccc6)CCN(Cc6ccccc6)CCN(Cc6ccccc6)CC5)cc4)ccc3cc12)(C(C)C)C(C)C.